The standard InChI is InChI=1S/C17H15N5O4/c1-10-19-16(26-22-10)12-5-3-11(4-6-12)15(23)21-20-14-8-7-13(9-18-14)17(24)25-2/h3-9H,1-2H3,(H,18,20)(H,21,23). The molecule has 3 aromatic rings. The van der Waals surface area contributed by atoms with Crippen molar-refractivity contribution in [2.45, 2.75) is 6.92 Å². The molecular weight excluding hydrogens is 338 g/mol. The van der Waals surface area contributed by atoms with Gasteiger partial charge in [-0.25, -0.2) is 9.78 Å². The second-order valence-corrected chi connectivity index (χ2v) is 5.23. The number of pyridine rings is 1. The molecular formula is C17H15N5O4. The average molecular weight is 353 g/mol. The molecule has 1 aromatic carbocycles. The third kappa shape index (κ3) is 3.83. The fourth-order valence-electron chi connectivity index (χ4n) is 2.08. The van der Waals surface area contributed by atoms with E-state index in [4.69, 9.17) is 4.52 Å². The van der Waals surface area contributed by atoms with Gasteiger partial charge in [0, 0.05) is 17.3 Å². The lowest BCUT2D eigenvalue weighted by molar-refractivity contribution is 0.0600. The minimum atomic E-state index is -0.482. The number of rotatable bonds is 5. The third-order valence-electron chi connectivity index (χ3n) is 3.41. The summed E-state index contributed by atoms with van der Waals surface area (Å²) in [5.74, 6) is 0.477. The van der Waals surface area contributed by atoms with E-state index in [0.717, 1.165) is 5.56 Å². The Bertz CT molecular complexity index is 919. The van der Waals surface area contributed by atoms with Crippen LogP contribution < -0.4 is 10.9 Å². The molecule has 0 saturated heterocycles. The molecule has 2 N–H and O–H groups in total. The highest BCUT2D eigenvalue weighted by Gasteiger charge is 2.10. The number of methoxy groups -OCH3 is 1. The molecule has 0 aliphatic rings. The van der Waals surface area contributed by atoms with E-state index in [-0.39, 0.29) is 5.91 Å². The smallest absolute Gasteiger partial charge is 0.339 e. The van der Waals surface area contributed by atoms with Crippen LogP contribution in [-0.2, 0) is 4.74 Å². The zero-order valence-corrected chi connectivity index (χ0v) is 14.0. The summed E-state index contributed by atoms with van der Waals surface area (Å²) in [6.45, 7) is 1.73. The van der Waals surface area contributed by atoms with Crippen LogP contribution in [0.15, 0.2) is 47.1 Å². The molecule has 26 heavy (non-hydrogen) atoms. The van der Waals surface area contributed by atoms with E-state index in [1.807, 2.05) is 0 Å². The van der Waals surface area contributed by atoms with E-state index in [2.05, 4.69) is 30.7 Å². The van der Waals surface area contributed by atoms with Crippen molar-refractivity contribution >= 4 is 17.7 Å². The van der Waals surface area contributed by atoms with Crippen molar-refractivity contribution < 1.29 is 18.8 Å². The number of benzene rings is 1. The van der Waals surface area contributed by atoms with Crippen molar-refractivity contribution in [1.29, 1.82) is 0 Å². The Morgan fingerprint density at radius 3 is 2.38 bits per heavy atom. The number of hydrazine groups is 1. The Morgan fingerprint density at radius 1 is 1.08 bits per heavy atom. The molecule has 2 aromatic heterocycles. The van der Waals surface area contributed by atoms with Gasteiger partial charge in [0.2, 0.25) is 0 Å². The summed E-state index contributed by atoms with van der Waals surface area (Å²) in [7, 11) is 1.29. The van der Waals surface area contributed by atoms with E-state index < -0.39 is 5.97 Å². The first-order valence-corrected chi connectivity index (χ1v) is 7.58. The fourth-order valence-corrected chi connectivity index (χ4v) is 2.08. The quantitative estimate of drug-likeness (QED) is 0.528. The molecule has 2 heterocycles. The molecule has 0 atom stereocenters. The lowest BCUT2D eigenvalue weighted by atomic mass is 10.1. The molecule has 132 valence electrons. The highest BCUT2D eigenvalue weighted by molar-refractivity contribution is 5.95. The fraction of sp³-hybridized carbons (Fsp3) is 0.118. The molecule has 1 amide bonds. The number of carbonyl (C=O) groups excluding carboxylic acids is 2. The molecule has 0 bridgehead atoms. The van der Waals surface area contributed by atoms with Gasteiger partial charge in [0.15, 0.2) is 5.82 Å². The van der Waals surface area contributed by atoms with Gasteiger partial charge in [-0.1, -0.05) is 5.16 Å². The molecule has 0 unspecified atom stereocenters. The summed E-state index contributed by atoms with van der Waals surface area (Å²) in [4.78, 5) is 31.6. The second-order valence-electron chi connectivity index (χ2n) is 5.23. The topological polar surface area (TPSA) is 119 Å². The number of amides is 1. The van der Waals surface area contributed by atoms with E-state index >= 15 is 0 Å². The maximum Gasteiger partial charge on any atom is 0.339 e. The number of hydrogen-bond acceptors (Lipinski definition) is 8. The number of nitrogens with zero attached hydrogens (tertiary/aromatic N) is 3. The van der Waals surface area contributed by atoms with Gasteiger partial charge in [0.1, 0.15) is 5.82 Å². The van der Waals surface area contributed by atoms with Crippen molar-refractivity contribution in [1.82, 2.24) is 20.6 Å². The average Bonchev–Trinajstić information content (AvgIpc) is 3.12. The van der Waals surface area contributed by atoms with E-state index in [9.17, 15) is 9.59 Å². The Kier molecular flexibility index (Phi) is 4.88. The van der Waals surface area contributed by atoms with Gasteiger partial charge in [-0.2, -0.15) is 4.98 Å². The maximum atomic E-state index is 12.2. The van der Waals surface area contributed by atoms with Crippen LogP contribution in [-0.4, -0.2) is 34.1 Å². The van der Waals surface area contributed by atoms with Gasteiger partial charge in [-0.05, 0) is 43.3 Å². The number of aromatic nitrogens is 3. The first kappa shape index (κ1) is 17.1. The number of esters is 1. The molecule has 0 fully saturated rings. The number of ether oxygens (including phenoxy) is 1. The zero-order chi connectivity index (χ0) is 18.5. The molecule has 0 saturated carbocycles. The Hall–Kier alpha value is -3.75. The molecule has 0 aliphatic heterocycles. The van der Waals surface area contributed by atoms with Crippen LogP contribution in [0.25, 0.3) is 11.5 Å². The maximum absolute atomic E-state index is 12.2. The number of carbonyl (C=O) groups is 2. The van der Waals surface area contributed by atoms with Crippen LogP contribution in [0.4, 0.5) is 5.82 Å². The molecule has 9 heteroatoms. The van der Waals surface area contributed by atoms with Gasteiger partial charge in [-0.15, -0.1) is 0 Å². The van der Waals surface area contributed by atoms with E-state index in [1.54, 1.807) is 37.3 Å². The van der Waals surface area contributed by atoms with Crippen LogP contribution in [0.5, 0.6) is 0 Å². The highest BCUT2D eigenvalue weighted by Crippen LogP contribution is 2.17. The van der Waals surface area contributed by atoms with Crippen molar-refractivity contribution in [2.24, 2.45) is 0 Å². The third-order valence-corrected chi connectivity index (χ3v) is 3.41. The summed E-state index contributed by atoms with van der Waals surface area (Å²) in [6.07, 6.45) is 1.35. The minimum absolute atomic E-state index is 0.316. The Morgan fingerprint density at radius 2 is 1.81 bits per heavy atom. The van der Waals surface area contributed by atoms with Gasteiger partial charge in [0.05, 0.1) is 12.7 Å². The predicted molar refractivity (Wildman–Crippen MR) is 91.1 cm³/mol. The van der Waals surface area contributed by atoms with Gasteiger partial charge >= 0.3 is 5.97 Å². The summed E-state index contributed by atoms with van der Waals surface area (Å²) in [6, 6.07) is 9.79. The normalized spacial score (nSPS) is 10.2. The molecule has 0 aliphatic carbocycles. The SMILES string of the molecule is COC(=O)c1ccc(NNC(=O)c2ccc(-c3nc(C)no3)cc2)nc1. The molecule has 0 radical (unpaired) electrons. The van der Waals surface area contributed by atoms with E-state index in [0.29, 0.717) is 28.7 Å². The monoisotopic (exact) mass is 353 g/mol. The van der Waals surface area contributed by atoms with Crippen molar-refractivity contribution in [3.05, 3.63) is 59.5 Å². The number of aryl methyl sites for hydroxylation is 1. The summed E-state index contributed by atoms with van der Waals surface area (Å²) in [5.41, 5.74) is 6.66. The van der Waals surface area contributed by atoms with E-state index in [1.165, 1.54) is 19.4 Å². The van der Waals surface area contributed by atoms with Crippen molar-refractivity contribution in [2.75, 3.05) is 12.5 Å². The van der Waals surface area contributed by atoms with Gasteiger partial charge in [0.25, 0.3) is 11.8 Å². The summed E-state index contributed by atoms with van der Waals surface area (Å²) >= 11 is 0. The predicted octanol–water partition coefficient (Wildman–Crippen LogP) is 1.98. The lowest BCUT2D eigenvalue weighted by Gasteiger charge is -2.08. The van der Waals surface area contributed by atoms with Crippen LogP contribution >= 0.6 is 0 Å². The zero-order valence-electron chi connectivity index (χ0n) is 14.0. The number of anilines is 1. The first-order valence-electron chi connectivity index (χ1n) is 7.58. The second kappa shape index (κ2) is 7.43. The van der Waals surface area contributed by atoms with Crippen LogP contribution in [0.1, 0.15) is 26.5 Å². The number of hydrogen-bond donors (Lipinski definition) is 2. The first-order chi connectivity index (χ1) is 12.6. The summed E-state index contributed by atoms with van der Waals surface area (Å²) < 4.78 is 9.67. The largest absolute Gasteiger partial charge is 0.465 e. The Labute approximate surface area is 148 Å². The molecule has 0 spiro atoms. The van der Waals surface area contributed by atoms with Gasteiger partial charge < -0.3 is 9.26 Å². The molecule has 9 nitrogen and oxygen atoms in total. The highest BCUT2D eigenvalue weighted by atomic mass is 16.5. The van der Waals surface area contributed by atoms with Crippen LogP contribution in [0, 0.1) is 6.92 Å². The van der Waals surface area contributed by atoms with Crippen LogP contribution in [0.2, 0.25) is 0 Å². The number of nitrogens with one attached hydrogen (secondary N) is 2. The molecule has 3 rings (SSSR count). The van der Waals surface area contributed by atoms with Gasteiger partial charge in [-0.3, -0.25) is 15.6 Å². The summed E-state index contributed by atoms with van der Waals surface area (Å²) in [5, 5.41) is 3.72. The lowest BCUT2D eigenvalue weighted by Crippen LogP contribution is -2.29. The van der Waals surface area contributed by atoms with Crippen molar-refractivity contribution in [3.63, 3.8) is 0 Å². The van der Waals surface area contributed by atoms with Crippen LogP contribution in [0.3, 0.4) is 0 Å². The minimum Gasteiger partial charge on any atom is -0.465 e. The van der Waals surface area contributed by atoms with Crippen molar-refractivity contribution in [3.8, 4) is 11.5 Å². The Balaban J connectivity index is 1.60.